The predicted molar refractivity (Wildman–Crippen MR) is 87.8 cm³/mol. The second-order valence-corrected chi connectivity index (χ2v) is 5.52. The third-order valence-electron chi connectivity index (χ3n) is 3.96. The molecule has 0 saturated heterocycles. The zero-order valence-corrected chi connectivity index (χ0v) is 12.7. The van der Waals surface area contributed by atoms with Gasteiger partial charge in [0.25, 0.3) is 0 Å². The van der Waals surface area contributed by atoms with Crippen molar-refractivity contribution in [3.8, 4) is 0 Å². The van der Waals surface area contributed by atoms with E-state index in [2.05, 4.69) is 63.5 Å². The maximum Gasteiger partial charge on any atom is 0.0608 e. The third-order valence-corrected chi connectivity index (χ3v) is 3.96. The molecule has 1 aromatic carbocycles. The number of fused-ring (bicyclic) bond motifs is 1. The summed E-state index contributed by atoms with van der Waals surface area (Å²) < 4.78 is 0. The largest absolute Gasteiger partial charge is 0.371 e. The summed E-state index contributed by atoms with van der Waals surface area (Å²) in [7, 11) is 4.11. The number of hydrogen-bond donors (Lipinski definition) is 1. The number of para-hydroxylation sites is 2. The predicted octanol–water partition coefficient (Wildman–Crippen LogP) is 2.26. The molecule has 1 N–H and O–H groups in total. The summed E-state index contributed by atoms with van der Waals surface area (Å²) in [6, 6.07) is 12.9. The van der Waals surface area contributed by atoms with Gasteiger partial charge in [0, 0.05) is 32.9 Å². The van der Waals surface area contributed by atoms with Gasteiger partial charge >= 0.3 is 0 Å². The molecule has 0 saturated carbocycles. The number of likely N-dealkylation sites (N-methyl/N-ethyl adjacent to an activating group) is 1. The van der Waals surface area contributed by atoms with E-state index in [0.29, 0.717) is 0 Å². The van der Waals surface area contributed by atoms with Crippen LogP contribution in [0.4, 0.5) is 11.4 Å². The molecule has 2 heterocycles. The molecule has 0 bridgehead atoms. The minimum Gasteiger partial charge on any atom is -0.371 e. The summed E-state index contributed by atoms with van der Waals surface area (Å²) in [6.45, 7) is 3.82. The fourth-order valence-corrected chi connectivity index (χ4v) is 2.78. The molecule has 2 aromatic rings. The quantitative estimate of drug-likeness (QED) is 0.932. The molecule has 110 valence electrons. The van der Waals surface area contributed by atoms with Gasteiger partial charge in [-0.25, -0.2) is 0 Å². The Morgan fingerprint density at radius 1 is 1.10 bits per heavy atom. The lowest BCUT2D eigenvalue weighted by Crippen LogP contribution is -2.38. The van der Waals surface area contributed by atoms with Crippen LogP contribution in [0.15, 0.2) is 42.6 Å². The molecule has 0 unspecified atom stereocenters. The van der Waals surface area contributed by atoms with Crippen LogP contribution in [-0.4, -0.2) is 32.2 Å². The van der Waals surface area contributed by atoms with Gasteiger partial charge in [0.05, 0.1) is 23.6 Å². The molecule has 3 rings (SSSR count). The molecule has 0 amide bonds. The molecule has 4 heteroatoms. The van der Waals surface area contributed by atoms with Crippen LogP contribution in [0, 0.1) is 0 Å². The van der Waals surface area contributed by atoms with Crippen molar-refractivity contribution in [2.75, 3.05) is 37.0 Å². The molecule has 21 heavy (non-hydrogen) atoms. The fraction of sp³-hybridized carbons (Fsp3) is 0.353. The van der Waals surface area contributed by atoms with Crippen molar-refractivity contribution >= 4 is 11.4 Å². The van der Waals surface area contributed by atoms with E-state index in [0.717, 1.165) is 31.9 Å². The SMILES string of the molecule is CNCc1ccc(CN2CCN(C)c3ccccc32)nc1. The second-order valence-electron chi connectivity index (χ2n) is 5.52. The molecule has 1 aromatic heterocycles. The number of aromatic nitrogens is 1. The first-order chi connectivity index (χ1) is 10.3. The Labute approximate surface area is 126 Å². The average molecular weight is 282 g/mol. The highest BCUT2D eigenvalue weighted by atomic mass is 15.3. The third kappa shape index (κ3) is 3.00. The Balaban J connectivity index is 1.78. The molecule has 0 atom stereocenters. The van der Waals surface area contributed by atoms with Gasteiger partial charge in [0.2, 0.25) is 0 Å². The first-order valence-electron chi connectivity index (χ1n) is 7.41. The van der Waals surface area contributed by atoms with E-state index < -0.39 is 0 Å². The Hall–Kier alpha value is -2.07. The Morgan fingerprint density at radius 3 is 2.62 bits per heavy atom. The molecular weight excluding hydrogens is 260 g/mol. The highest BCUT2D eigenvalue weighted by Crippen LogP contribution is 2.32. The zero-order valence-electron chi connectivity index (χ0n) is 12.7. The summed E-state index contributed by atoms with van der Waals surface area (Å²) in [5.74, 6) is 0. The van der Waals surface area contributed by atoms with E-state index in [1.807, 2.05) is 13.2 Å². The Kier molecular flexibility index (Phi) is 4.06. The van der Waals surface area contributed by atoms with E-state index in [4.69, 9.17) is 0 Å². The molecule has 1 aliphatic rings. The van der Waals surface area contributed by atoms with Gasteiger partial charge in [-0.1, -0.05) is 18.2 Å². The van der Waals surface area contributed by atoms with Crippen LogP contribution in [0.3, 0.4) is 0 Å². The fourth-order valence-electron chi connectivity index (χ4n) is 2.78. The lowest BCUT2D eigenvalue weighted by atomic mass is 10.1. The van der Waals surface area contributed by atoms with Gasteiger partial charge < -0.3 is 15.1 Å². The van der Waals surface area contributed by atoms with E-state index in [9.17, 15) is 0 Å². The van der Waals surface area contributed by atoms with Crippen LogP contribution in [0.25, 0.3) is 0 Å². The highest BCUT2D eigenvalue weighted by Gasteiger charge is 2.19. The summed E-state index contributed by atoms with van der Waals surface area (Å²) in [5, 5.41) is 3.15. The van der Waals surface area contributed by atoms with Crippen molar-refractivity contribution in [1.29, 1.82) is 0 Å². The number of anilines is 2. The first kappa shape index (κ1) is 13.9. The Morgan fingerprint density at radius 2 is 1.90 bits per heavy atom. The molecule has 4 nitrogen and oxygen atoms in total. The van der Waals surface area contributed by atoms with Gasteiger partial charge in [-0.05, 0) is 30.8 Å². The zero-order chi connectivity index (χ0) is 14.7. The van der Waals surface area contributed by atoms with E-state index in [-0.39, 0.29) is 0 Å². The molecule has 0 radical (unpaired) electrons. The van der Waals surface area contributed by atoms with Crippen LogP contribution in [0.5, 0.6) is 0 Å². The number of nitrogens with zero attached hydrogens (tertiary/aromatic N) is 3. The van der Waals surface area contributed by atoms with Gasteiger partial charge in [-0.15, -0.1) is 0 Å². The molecule has 0 aliphatic carbocycles. The van der Waals surface area contributed by atoms with Crippen molar-refractivity contribution < 1.29 is 0 Å². The smallest absolute Gasteiger partial charge is 0.0608 e. The summed E-state index contributed by atoms with van der Waals surface area (Å²) in [6.07, 6.45) is 1.97. The van der Waals surface area contributed by atoms with Crippen LogP contribution in [0.2, 0.25) is 0 Å². The summed E-state index contributed by atoms with van der Waals surface area (Å²) in [5.41, 5.74) is 4.94. The van der Waals surface area contributed by atoms with Crippen LogP contribution >= 0.6 is 0 Å². The van der Waals surface area contributed by atoms with Gasteiger partial charge in [-0.2, -0.15) is 0 Å². The number of hydrogen-bond acceptors (Lipinski definition) is 4. The van der Waals surface area contributed by atoms with Crippen molar-refractivity contribution in [3.05, 3.63) is 53.9 Å². The number of nitrogens with one attached hydrogen (secondary N) is 1. The minimum absolute atomic E-state index is 0.866. The number of pyridine rings is 1. The van der Waals surface area contributed by atoms with Crippen molar-refractivity contribution in [3.63, 3.8) is 0 Å². The maximum atomic E-state index is 4.59. The van der Waals surface area contributed by atoms with Gasteiger partial charge in [0.1, 0.15) is 0 Å². The highest BCUT2D eigenvalue weighted by molar-refractivity contribution is 5.73. The second kappa shape index (κ2) is 6.14. The minimum atomic E-state index is 0.866. The normalized spacial score (nSPS) is 14.2. The lowest BCUT2D eigenvalue weighted by molar-refractivity contribution is 0.723. The molecule has 0 fully saturated rings. The van der Waals surface area contributed by atoms with Crippen LogP contribution in [0.1, 0.15) is 11.3 Å². The lowest BCUT2D eigenvalue weighted by Gasteiger charge is -2.36. The van der Waals surface area contributed by atoms with E-state index >= 15 is 0 Å². The summed E-state index contributed by atoms with van der Waals surface area (Å²) >= 11 is 0. The topological polar surface area (TPSA) is 31.4 Å². The van der Waals surface area contributed by atoms with Gasteiger partial charge in [0.15, 0.2) is 0 Å². The van der Waals surface area contributed by atoms with Gasteiger partial charge in [-0.3, -0.25) is 4.98 Å². The van der Waals surface area contributed by atoms with E-state index in [1.165, 1.54) is 16.9 Å². The van der Waals surface area contributed by atoms with Crippen LogP contribution in [-0.2, 0) is 13.1 Å². The first-order valence-corrected chi connectivity index (χ1v) is 7.41. The standard InChI is InChI=1S/C17H22N4/c1-18-11-14-7-8-15(19-12-14)13-21-10-9-20(2)16-5-3-4-6-17(16)21/h3-8,12,18H,9-11,13H2,1-2H3. The summed E-state index contributed by atoms with van der Waals surface area (Å²) in [4.78, 5) is 9.31. The van der Waals surface area contributed by atoms with E-state index in [1.54, 1.807) is 0 Å². The van der Waals surface area contributed by atoms with Crippen molar-refractivity contribution in [2.24, 2.45) is 0 Å². The molecule has 1 aliphatic heterocycles. The molecule has 0 spiro atoms. The maximum absolute atomic E-state index is 4.59. The van der Waals surface area contributed by atoms with Crippen molar-refractivity contribution in [2.45, 2.75) is 13.1 Å². The number of rotatable bonds is 4. The van der Waals surface area contributed by atoms with Crippen LogP contribution < -0.4 is 15.1 Å². The number of benzene rings is 1. The average Bonchev–Trinajstić information content (AvgIpc) is 2.52. The molecular formula is C17H22N4. The Bertz CT molecular complexity index is 594. The van der Waals surface area contributed by atoms with Crippen molar-refractivity contribution in [1.82, 2.24) is 10.3 Å². The monoisotopic (exact) mass is 282 g/mol.